The molecule has 4 heteroatoms. The normalized spacial score (nSPS) is 17.1. The Hall–Kier alpha value is -1.84. The van der Waals surface area contributed by atoms with E-state index in [9.17, 15) is 9.59 Å². The summed E-state index contributed by atoms with van der Waals surface area (Å²) in [6.07, 6.45) is 2.98. The quantitative estimate of drug-likeness (QED) is 0.599. The average molecular weight is 303 g/mol. The number of hydrogen-bond acceptors (Lipinski definition) is 3. The zero-order chi connectivity index (χ0) is 16.1. The van der Waals surface area contributed by atoms with Gasteiger partial charge in [0.15, 0.2) is 6.10 Å². The first kappa shape index (κ1) is 16.5. The van der Waals surface area contributed by atoms with Gasteiger partial charge in [-0.1, -0.05) is 38.0 Å². The Balaban J connectivity index is 2.10. The molecule has 4 nitrogen and oxygen atoms in total. The predicted molar refractivity (Wildman–Crippen MR) is 85.7 cm³/mol. The first-order chi connectivity index (χ1) is 10.5. The van der Waals surface area contributed by atoms with Gasteiger partial charge in [-0.25, -0.2) is 4.79 Å². The first-order valence-electron chi connectivity index (χ1n) is 8.14. The Labute approximate surface area is 132 Å². The van der Waals surface area contributed by atoms with Crippen LogP contribution >= 0.6 is 0 Å². The Morgan fingerprint density at radius 3 is 2.73 bits per heavy atom. The molecule has 120 valence electrons. The second-order valence-corrected chi connectivity index (χ2v) is 6.09. The van der Waals surface area contributed by atoms with Crippen molar-refractivity contribution in [3.05, 3.63) is 35.4 Å². The standard InChI is InChI=1S/C18H25NO3/c1-4-5-8-11-19(13(2)3)17(20)16-12-14-9-6-7-10-15(14)18(21)22-16/h6-7,9-10,13,16H,4-5,8,11-12H2,1-3H3. The fourth-order valence-electron chi connectivity index (χ4n) is 2.81. The highest BCUT2D eigenvalue weighted by Gasteiger charge is 2.34. The summed E-state index contributed by atoms with van der Waals surface area (Å²) < 4.78 is 5.38. The Bertz CT molecular complexity index is 539. The molecule has 0 bridgehead atoms. The van der Waals surface area contributed by atoms with E-state index in [1.165, 1.54) is 0 Å². The van der Waals surface area contributed by atoms with Gasteiger partial charge in [0, 0.05) is 19.0 Å². The van der Waals surface area contributed by atoms with Gasteiger partial charge >= 0.3 is 5.97 Å². The van der Waals surface area contributed by atoms with Crippen molar-refractivity contribution in [2.75, 3.05) is 6.54 Å². The molecule has 1 atom stereocenters. The van der Waals surface area contributed by atoms with E-state index < -0.39 is 12.1 Å². The van der Waals surface area contributed by atoms with Gasteiger partial charge in [0.1, 0.15) is 0 Å². The van der Waals surface area contributed by atoms with Crippen LogP contribution in [-0.4, -0.2) is 35.5 Å². The third-order valence-corrected chi connectivity index (χ3v) is 4.08. The number of carbonyl (C=O) groups is 2. The fraction of sp³-hybridized carbons (Fsp3) is 0.556. The Morgan fingerprint density at radius 2 is 2.05 bits per heavy atom. The molecule has 0 saturated carbocycles. The number of amides is 1. The summed E-state index contributed by atoms with van der Waals surface area (Å²) in [5.74, 6) is -0.466. The minimum Gasteiger partial charge on any atom is -0.448 e. The molecule has 0 N–H and O–H groups in total. The summed E-state index contributed by atoms with van der Waals surface area (Å²) in [4.78, 5) is 26.6. The van der Waals surface area contributed by atoms with Crippen molar-refractivity contribution in [3.8, 4) is 0 Å². The zero-order valence-electron chi connectivity index (χ0n) is 13.7. The molecular weight excluding hydrogens is 278 g/mol. The van der Waals surface area contributed by atoms with Crippen LogP contribution < -0.4 is 0 Å². The van der Waals surface area contributed by atoms with E-state index in [1.807, 2.05) is 36.9 Å². The maximum absolute atomic E-state index is 12.7. The highest BCUT2D eigenvalue weighted by atomic mass is 16.5. The summed E-state index contributed by atoms with van der Waals surface area (Å²) in [5, 5.41) is 0. The molecule has 1 aliphatic heterocycles. The number of fused-ring (bicyclic) bond motifs is 1. The van der Waals surface area contributed by atoms with Crippen molar-refractivity contribution in [2.24, 2.45) is 0 Å². The number of carbonyl (C=O) groups excluding carboxylic acids is 2. The summed E-state index contributed by atoms with van der Waals surface area (Å²) in [5.41, 5.74) is 1.47. The van der Waals surface area contributed by atoms with Crippen molar-refractivity contribution in [3.63, 3.8) is 0 Å². The highest BCUT2D eigenvalue weighted by molar-refractivity contribution is 5.95. The lowest BCUT2D eigenvalue weighted by Crippen LogP contribution is -2.47. The second-order valence-electron chi connectivity index (χ2n) is 6.09. The molecule has 1 aromatic rings. The van der Waals surface area contributed by atoms with Gasteiger partial charge < -0.3 is 9.64 Å². The van der Waals surface area contributed by atoms with Gasteiger partial charge in [-0.05, 0) is 31.9 Å². The summed E-state index contributed by atoms with van der Waals surface area (Å²) in [6.45, 7) is 6.87. The molecule has 1 aliphatic rings. The van der Waals surface area contributed by atoms with E-state index in [0.29, 0.717) is 12.0 Å². The largest absolute Gasteiger partial charge is 0.448 e. The Morgan fingerprint density at radius 1 is 1.32 bits per heavy atom. The fourth-order valence-corrected chi connectivity index (χ4v) is 2.81. The monoisotopic (exact) mass is 303 g/mol. The average Bonchev–Trinajstić information content (AvgIpc) is 2.50. The molecule has 1 heterocycles. The molecule has 1 unspecified atom stereocenters. The number of unbranched alkanes of at least 4 members (excludes halogenated alkanes) is 2. The molecule has 0 aliphatic carbocycles. The topological polar surface area (TPSA) is 46.6 Å². The molecule has 22 heavy (non-hydrogen) atoms. The minimum absolute atomic E-state index is 0.0750. The lowest BCUT2D eigenvalue weighted by atomic mass is 9.97. The van der Waals surface area contributed by atoms with E-state index in [-0.39, 0.29) is 11.9 Å². The number of benzene rings is 1. The molecular formula is C18H25NO3. The van der Waals surface area contributed by atoms with Crippen LogP contribution in [0.3, 0.4) is 0 Å². The van der Waals surface area contributed by atoms with Crippen LogP contribution in [0.25, 0.3) is 0 Å². The SMILES string of the molecule is CCCCCN(C(=O)C1Cc2ccccc2C(=O)O1)C(C)C. The van der Waals surface area contributed by atoms with Gasteiger partial charge in [0.05, 0.1) is 5.56 Å². The number of rotatable bonds is 6. The summed E-state index contributed by atoms with van der Waals surface area (Å²) in [7, 11) is 0. The smallest absolute Gasteiger partial charge is 0.339 e. The maximum atomic E-state index is 12.7. The van der Waals surface area contributed by atoms with Crippen molar-refractivity contribution >= 4 is 11.9 Å². The van der Waals surface area contributed by atoms with Gasteiger partial charge in [-0.15, -0.1) is 0 Å². The molecule has 0 spiro atoms. The van der Waals surface area contributed by atoms with E-state index in [1.54, 1.807) is 6.07 Å². The Kier molecular flexibility index (Phi) is 5.58. The van der Waals surface area contributed by atoms with Crippen molar-refractivity contribution < 1.29 is 14.3 Å². The second kappa shape index (κ2) is 7.43. The maximum Gasteiger partial charge on any atom is 0.339 e. The van der Waals surface area contributed by atoms with E-state index in [4.69, 9.17) is 4.74 Å². The van der Waals surface area contributed by atoms with Gasteiger partial charge in [0.25, 0.3) is 5.91 Å². The van der Waals surface area contributed by atoms with Gasteiger partial charge in [-0.2, -0.15) is 0 Å². The molecule has 1 aromatic carbocycles. The molecule has 0 saturated heterocycles. The van der Waals surface area contributed by atoms with Crippen molar-refractivity contribution in [1.82, 2.24) is 4.90 Å². The number of nitrogens with zero attached hydrogens (tertiary/aromatic N) is 1. The lowest BCUT2D eigenvalue weighted by molar-refractivity contribution is -0.143. The third kappa shape index (κ3) is 3.67. The molecule has 0 aromatic heterocycles. The predicted octanol–water partition coefficient (Wildman–Crippen LogP) is 3.20. The van der Waals surface area contributed by atoms with E-state index in [0.717, 1.165) is 31.4 Å². The van der Waals surface area contributed by atoms with Crippen LogP contribution in [0.1, 0.15) is 56.0 Å². The molecule has 2 rings (SSSR count). The van der Waals surface area contributed by atoms with Gasteiger partial charge in [0.2, 0.25) is 0 Å². The summed E-state index contributed by atoms with van der Waals surface area (Å²) >= 11 is 0. The minimum atomic E-state index is -0.688. The summed E-state index contributed by atoms with van der Waals surface area (Å²) in [6, 6.07) is 7.46. The van der Waals surface area contributed by atoms with Crippen LogP contribution in [0.2, 0.25) is 0 Å². The third-order valence-electron chi connectivity index (χ3n) is 4.08. The first-order valence-corrected chi connectivity index (χ1v) is 8.14. The van der Waals surface area contributed by atoms with Crippen LogP contribution in [0.4, 0.5) is 0 Å². The van der Waals surface area contributed by atoms with Crippen LogP contribution in [0.15, 0.2) is 24.3 Å². The lowest BCUT2D eigenvalue weighted by Gasteiger charge is -2.32. The zero-order valence-corrected chi connectivity index (χ0v) is 13.7. The van der Waals surface area contributed by atoms with Gasteiger partial charge in [-0.3, -0.25) is 4.79 Å². The highest BCUT2D eigenvalue weighted by Crippen LogP contribution is 2.22. The van der Waals surface area contributed by atoms with Crippen LogP contribution in [0, 0.1) is 0 Å². The van der Waals surface area contributed by atoms with Crippen molar-refractivity contribution in [1.29, 1.82) is 0 Å². The number of ether oxygens (including phenoxy) is 1. The van der Waals surface area contributed by atoms with Crippen molar-refractivity contribution in [2.45, 2.75) is 58.6 Å². The van der Waals surface area contributed by atoms with E-state index >= 15 is 0 Å². The number of esters is 1. The molecule has 1 amide bonds. The molecule has 0 radical (unpaired) electrons. The van der Waals surface area contributed by atoms with E-state index in [2.05, 4.69) is 6.92 Å². The number of cyclic esters (lactones) is 1. The van der Waals surface area contributed by atoms with Crippen LogP contribution in [0.5, 0.6) is 0 Å². The molecule has 0 fully saturated rings. The number of hydrogen-bond donors (Lipinski definition) is 0. The van der Waals surface area contributed by atoms with Crippen LogP contribution in [-0.2, 0) is 16.0 Å².